The van der Waals surface area contributed by atoms with Gasteiger partial charge in [0.25, 0.3) is 0 Å². The number of sulfone groups is 1. The van der Waals surface area contributed by atoms with Gasteiger partial charge < -0.3 is 10.6 Å². The summed E-state index contributed by atoms with van der Waals surface area (Å²) in [6, 6.07) is 0.322. The summed E-state index contributed by atoms with van der Waals surface area (Å²) in [5, 5.41) is 6.39. The predicted octanol–water partition coefficient (Wildman–Crippen LogP) is -1.66. The summed E-state index contributed by atoms with van der Waals surface area (Å²) >= 11 is 0. The largest absolute Gasteiger partial charge is 0.310 e. The monoisotopic (exact) mass is 176 g/mol. The van der Waals surface area contributed by atoms with Gasteiger partial charge >= 0.3 is 0 Å². The van der Waals surface area contributed by atoms with Crippen molar-refractivity contribution in [1.29, 1.82) is 0 Å². The van der Waals surface area contributed by atoms with Crippen LogP contribution in [0.1, 0.15) is 0 Å². The van der Waals surface area contributed by atoms with Crippen LogP contribution in [-0.2, 0) is 9.84 Å². The van der Waals surface area contributed by atoms with Crippen molar-refractivity contribution < 1.29 is 8.42 Å². The number of hydrogen-bond donors (Lipinski definition) is 2. The summed E-state index contributed by atoms with van der Waals surface area (Å²) in [5.74, 6) is 0.620. The minimum Gasteiger partial charge on any atom is -0.310 e. The van der Waals surface area contributed by atoms with E-state index in [0.717, 1.165) is 13.1 Å². The van der Waals surface area contributed by atoms with E-state index in [9.17, 15) is 8.42 Å². The summed E-state index contributed by atoms with van der Waals surface area (Å²) in [7, 11) is -2.75. The topological polar surface area (TPSA) is 58.2 Å². The van der Waals surface area contributed by atoms with Crippen LogP contribution in [0.3, 0.4) is 0 Å². The highest BCUT2D eigenvalue weighted by Gasteiger charge is 2.38. The Morgan fingerprint density at radius 1 is 1.00 bits per heavy atom. The Morgan fingerprint density at radius 3 is 1.91 bits per heavy atom. The first-order valence-corrected chi connectivity index (χ1v) is 5.67. The standard InChI is InChI=1S/C6H12N2O2S/c9-11(10)3-5-6(4-11)8-2-1-7-5/h5-8H,1-4H2/t5-,6?/m0/s1. The van der Waals surface area contributed by atoms with Crippen LogP contribution in [0.2, 0.25) is 0 Å². The summed E-state index contributed by atoms with van der Waals surface area (Å²) in [5.41, 5.74) is 0. The number of nitrogens with one attached hydrogen (secondary N) is 2. The molecular weight excluding hydrogens is 164 g/mol. The third-order valence-corrected chi connectivity index (χ3v) is 4.02. The van der Waals surface area contributed by atoms with Crippen LogP contribution in [0.15, 0.2) is 0 Å². The van der Waals surface area contributed by atoms with Gasteiger partial charge in [-0.1, -0.05) is 0 Å². The van der Waals surface area contributed by atoms with Crippen molar-refractivity contribution in [1.82, 2.24) is 10.6 Å². The molecule has 2 fully saturated rings. The third kappa shape index (κ3) is 1.40. The summed E-state index contributed by atoms with van der Waals surface area (Å²) in [4.78, 5) is 0. The fourth-order valence-electron chi connectivity index (χ4n) is 1.76. The van der Waals surface area contributed by atoms with Crippen molar-refractivity contribution in [3.8, 4) is 0 Å². The first-order chi connectivity index (χ1) is 5.17. The van der Waals surface area contributed by atoms with Crippen LogP contribution < -0.4 is 10.6 Å². The maximum atomic E-state index is 11.1. The Labute approximate surface area is 66.3 Å². The minimum absolute atomic E-state index is 0.161. The molecule has 2 N–H and O–H groups in total. The molecule has 2 rings (SSSR count). The second-order valence-electron chi connectivity index (χ2n) is 3.20. The second-order valence-corrected chi connectivity index (χ2v) is 5.35. The molecule has 2 aliphatic rings. The van der Waals surface area contributed by atoms with Crippen LogP contribution in [0, 0.1) is 0 Å². The number of piperazine rings is 1. The Bertz CT molecular complexity index is 229. The molecule has 1 unspecified atom stereocenters. The van der Waals surface area contributed by atoms with Gasteiger partial charge in [-0.3, -0.25) is 0 Å². The lowest BCUT2D eigenvalue weighted by Crippen LogP contribution is -2.55. The Balaban J connectivity index is 2.15. The lowest BCUT2D eigenvalue weighted by atomic mass is 10.1. The molecule has 0 saturated carbocycles. The van der Waals surface area contributed by atoms with Crippen LogP contribution in [-0.4, -0.2) is 45.1 Å². The van der Waals surface area contributed by atoms with Gasteiger partial charge in [0.1, 0.15) is 0 Å². The summed E-state index contributed by atoms with van der Waals surface area (Å²) in [6.07, 6.45) is 0. The van der Waals surface area contributed by atoms with Gasteiger partial charge in [-0.05, 0) is 0 Å². The molecule has 0 aromatic rings. The molecule has 64 valence electrons. The van der Waals surface area contributed by atoms with Crippen molar-refractivity contribution in [2.75, 3.05) is 24.6 Å². The average molecular weight is 176 g/mol. The van der Waals surface area contributed by atoms with E-state index in [2.05, 4.69) is 10.6 Å². The molecule has 0 aromatic heterocycles. The second kappa shape index (κ2) is 2.43. The van der Waals surface area contributed by atoms with E-state index >= 15 is 0 Å². The highest BCUT2D eigenvalue weighted by molar-refractivity contribution is 7.91. The van der Waals surface area contributed by atoms with E-state index in [4.69, 9.17) is 0 Å². The molecule has 0 aliphatic carbocycles. The van der Waals surface area contributed by atoms with Gasteiger partial charge in [-0.25, -0.2) is 8.42 Å². The SMILES string of the molecule is O=S1(=O)CC2NCCN[C@H]2C1. The summed E-state index contributed by atoms with van der Waals surface area (Å²) in [6.45, 7) is 1.77. The average Bonchev–Trinajstić information content (AvgIpc) is 2.21. The number of fused-ring (bicyclic) bond motifs is 1. The molecule has 2 saturated heterocycles. The maximum Gasteiger partial charge on any atom is 0.153 e. The van der Waals surface area contributed by atoms with Gasteiger partial charge in [0, 0.05) is 25.2 Å². The van der Waals surface area contributed by atoms with E-state index in [1.165, 1.54) is 0 Å². The fraction of sp³-hybridized carbons (Fsp3) is 1.00. The van der Waals surface area contributed by atoms with Crippen LogP contribution in [0.4, 0.5) is 0 Å². The normalized spacial score (nSPS) is 41.8. The molecule has 5 heteroatoms. The van der Waals surface area contributed by atoms with Gasteiger partial charge in [-0.15, -0.1) is 0 Å². The van der Waals surface area contributed by atoms with E-state index < -0.39 is 9.84 Å². The molecule has 11 heavy (non-hydrogen) atoms. The van der Waals surface area contributed by atoms with Crippen molar-refractivity contribution in [2.45, 2.75) is 12.1 Å². The molecule has 4 nitrogen and oxygen atoms in total. The Morgan fingerprint density at radius 2 is 1.45 bits per heavy atom. The van der Waals surface area contributed by atoms with Crippen molar-refractivity contribution in [3.63, 3.8) is 0 Å². The van der Waals surface area contributed by atoms with Crippen molar-refractivity contribution in [2.24, 2.45) is 0 Å². The highest BCUT2D eigenvalue weighted by Crippen LogP contribution is 2.13. The lowest BCUT2D eigenvalue weighted by Gasteiger charge is -2.26. The van der Waals surface area contributed by atoms with Crippen molar-refractivity contribution in [3.05, 3.63) is 0 Å². The molecule has 2 aliphatic heterocycles. The Hall–Kier alpha value is -0.130. The van der Waals surface area contributed by atoms with Gasteiger partial charge in [0.15, 0.2) is 9.84 Å². The zero-order valence-electron chi connectivity index (χ0n) is 6.21. The van der Waals surface area contributed by atoms with E-state index in [1.54, 1.807) is 0 Å². The van der Waals surface area contributed by atoms with Crippen LogP contribution in [0.5, 0.6) is 0 Å². The first-order valence-electron chi connectivity index (χ1n) is 3.84. The van der Waals surface area contributed by atoms with Crippen LogP contribution in [0.25, 0.3) is 0 Å². The minimum atomic E-state index is -2.75. The lowest BCUT2D eigenvalue weighted by molar-refractivity contribution is 0.377. The number of hydrogen-bond acceptors (Lipinski definition) is 4. The van der Waals surface area contributed by atoms with E-state index in [0.29, 0.717) is 11.5 Å². The molecule has 0 spiro atoms. The van der Waals surface area contributed by atoms with Crippen molar-refractivity contribution >= 4 is 9.84 Å². The molecule has 0 radical (unpaired) electrons. The Kier molecular flexibility index (Phi) is 1.66. The zero-order chi connectivity index (χ0) is 7.90. The fourth-order valence-corrected chi connectivity index (χ4v) is 3.70. The van der Waals surface area contributed by atoms with E-state index in [-0.39, 0.29) is 12.1 Å². The smallest absolute Gasteiger partial charge is 0.153 e. The molecule has 0 amide bonds. The van der Waals surface area contributed by atoms with Gasteiger partial charge in [0.05, 0.1) is 11.5 Å². The zero-order valence-corrected chi connectivity index (χ0v) is 7.02. The van der Waals surface area contributed by atoms with Gasteiger partial charge in [-0.2, -0.15) is 0 Å². The quantitative estimate of drug-likeness (QED) is 0.464. The van der Waals surface area contributed by atoms with Gasteiger partial charge in [0.2, 0.25) is 0 Å². The molecule has 0 aromatic carbocycles. The summed E-state index contributed by atoms with van der Waals surface area (Å²) < 4.78 is 22.2. The highest BCUT2D eigenvalue weighted by atomic mass is 32.2. The molecule has 2 heterocycles. The predicted molar refractivity (Wildman–Crippen MR) is 42.2 cm³/mol. The number of rotatable bonds is 0. The van der Waals surface area contributed by atoms with E-state index in [1.807, 2.05) is 0 Å². The van der Waals surface area contributed by atoms with Crippen LogP contribution >= 0.6 is 0 Å². The maximum absolute atomic E-state index is 11.1. The molecule has 0 bridgehead atoms. The third-order valence-electron chi connectivity index (χ3n) is 2.29. The molecular formula is C6H12N2O2S. The first kappa shape index (κ1) is 7.52. The molecule has 2 atom stereocenters.